The van der Waals surface area contributed by atoms with Gasteiger partial charge in [-0.05, 0) is 52.5 Å². The second kappa shape index (κ2) is 10.2. The molecule has 0 spiro atoms. The van der Waals surface area contributed by atoms with E-state index in [2.05, 4.69) is 5.32 Å². The van der Waals surface area contributed by atoms with Crippen molar-refractivity contribution in [2.75, 3.05) is 20.3 Å². The number of carbonyl (C=O) groups excluding carboxylic acids is 1. The molecule has 0 aromatic rings. The van der Waals surface area contributed by atoms with Gasteiger partial charge in [0.05, 0.1) is 12.7 Å². The molecule has 112 valence electrons. The minimum atomic E-state index is -0.0752. The van der Waals surface area contributed by atoms with Crippen molar-refractivity contribution in [3.05, 3.63) is 0 Å². The van der Waals surface area contributed by atoms with Crippen LogP contribution in [0.5, 0.6) is 0 Å². The maximum absolute atomic E-state index is 11.1. The summed E-state index contributed by atoms with van der Waals surface area (Å²) < 4.78 is 10.8. The Hall–Kier alpha value is -0.610. The summed E-state index contributed by atoms with van der Waals surface area (Å²) in [4.78, 5) is 11.1. The van der Waals surface area contributed by atoms with Gasteiger partial charge in [0.25, 0.3) is 0 Å². The highest BCUT2D eigenvalue weighted by Crippen LogP contribution is 2.21. The molecule has 1 rings (SSSR count). The van der Waals surface area contributed by atoms with E-state index in [4.69, 9.17) is 9.47 Å². The summed E-state index contributed by atoms with van der Waals surface area (Å²) in [5.74, 6) is -0.0752. The fourth-order valence-corrected chi connectivity index (χ4v) is 2.55. The molecule has 0 atom stereocenters. The van der Waals surface area contributed by atoms with Crippen LogP contribution in [0.1, 0.15) is 58.3 Å². The third-order valence-corrected chi connectivity index (χ3v) is 3.77. The zero-order valence-electron chi connectivity index (χ0n) is 12.5. The van der Waals surface area contributed by atoms with Crippen LogP contribution in [0.2, 0.25) is 0 Å². The maximum Gasteiger partial charge on any atom is 0.305 e. The minimum Gasteiger partial charge on any atom is -0.466 e. The van der Waals surface area contributed by atoms with E-state index in [1.165, 1.54) is 25.7 Å². The Labute approximate surface area is 117 Å². The SMILES string of the molecule is CCOC(=O)CCCCCOC1CCC(NC)CC1. The molecule has 0 amide bonds. The van der Waals surface area contributed by atoms with Gasteiger partial charge in [-0.25, -0.2) is 0 Å². The number of carbonyl (C=O) groups is 1. The van der Waals surface area contributed by atoms with Crippen LogP contribution in [-0.2, 0) is 14.3 Å². The predicted octanol–water partition coefficient (Wildman–Crippen LogP) is 2.66. The summed E-state index contributed by atoms with van der Waals surface area (Å²) in [6.45, 7) is 3.16. The van der Waals surface area contributed by atoms with Crippen LogP contribution in [-0.4, -0.2) is 38.4 Å². The maximum atomic E-state index is 11.1. The Kier molecular flexibility index (Phi) is 8.84. The first-order valence-corrected chi connectivity index (χ1v) is 7.70. The lowest BCUT2D eigenvalue weighted by Gasteiger charge is -2.28. The summed E-state index contributed by atoms with van der Waals surface area (Å²) >= 11 is 0. The van der Waals surface area contributed by atoms with Gasteiger partial charge < -0.3 is 14.8 Å². The largest absolute Gasteiger partial charge is 0.466 e. The highest BCUT2D eigenvalue weighted by Gasteiger charge is 2.19. The van der Waals surface area contributed by atoms with E-state index in [9.17, 15) is 4.79 Å². The van der Waals surface area contributed by atoms with Gasteiger partial charge in [0, 0.05) is 19.1 Å². The molecule has 0 aliphatic heterocycles. The molecule has 4 heteroatoms. The van der Waals surface area contributed by atoms with Crippen molar-refractivity contribution in [3.63, 3.8) is 0 Å². The monoisotopic (exact) mass is 271 g/mol. The van der Waals surface area contributed by atoms with Crippen molar-refractivity contribution in [3.8, 4) is 0 Å². The van der Waals surface area contributed by atoms with Crippen molar-refractivity contribution in [1.82, 2.24) is 5.32 Å². The zero-order valence-corrected chi connectivity index (χ0v) is 12.5. The molecule has 1 aliphatic carbocycles. The Morgan fingerprint density at radius 3 is 2.53 bits per heavy atom. The van der Waals surface area contributed by atoms with Crippen molar-refractivity contribution in [2.24, 2.45) is 0 Å². The van der Waals surface area contributed by atoms with E-state index in [0.717, 1.165) is 25.9 Å². The lowest BCUT2D eigenvalue weighted by Crippen LogP contribution is -2.33. The van der Waals surface area contributed by atoms with E-state index in [1.54, 1.807) is 0 Å². The molecule has 4 nitrogen and oxygen atoms in total. The number of unbranched alkanes of at least 4 members (excludes halogenated alkanes) is 2. The van der Waals surface area contributed by atoms with E-state index in [-0.39, 0.29) is 5.97 Å². The van der Waals surface area contributed by atoms with Gasteiger partial charge in [-0.2, -0.15) is 0 Å². The van der Waals surface area contributed by atoms with Crippen molar-refractivity contribution in [1.29, 1.82) is 0 Å². The number of nitrogens with one attached hydrogen (secondary N) is 1. The molecule has 1 saturated carbocycles. The number of ether oxygens (including phenoxy) is 2. The Morgan fingerprint density at radius 1 is 1.16 bits per heavy atom. The van der Waals surface area contributed by atoms with Gasteiger partial charge >= 0.3 is 5.97 Å². The third-order valence-electron chi connectivity index (χ3n) is 3.77. The average molecular weight is 271 g/mol. The molecule has 19 heavy (non-hydrogen) atoms. The zero-order chi connectivity index (χ0) is 13.9. The van der Waals surface area contributed by atoms with E-state index >= 15 is 0 Å². The van der Waals surface area contributed by atoms with Crippen molar-refractivity contribution < 1.29 is 14.3 Å². The minimum absolute atomic E-state index is 0.0752. The molecule has 0 aromatic heterocycles. The number of esters is 1. The normalized spacial score (nSPS) is 23.3. The van der Waals surface area contributed by atoms with E-state index in [1.807, 2.05) is 14.0 Å². The lowest BCUT2D eigenvalue weighted by molar-refractivity contribution is -0.143. The van der Waals surface area contributed by atoms with Crippen molar-refractivity contribution in [2.45, 2.75) is 70.4 Å². The molecular formula is C15H29NO3. The highest BCUT2D eigenvalue weighted by molar-refractivity contribution is 5.69. The Bertz CT molecular complexity index is 238. The molecule has 0 unspecified atom stereocenters. The predicted molar refractivity (Wildman–Crippen MR) is 76.2 cm³/mol. The average Bonchev–Trinajstić information content (AvgIpc) is 2.43. The fourth-order valence-electron chi connectivity index (χ4n) is 2.55. The van der Waals surface area contributed by atoms with Gasteiger partial charge in [-0.15, -0.1) is 0 Å². The van der Waals surface area contributed by atoms with Crippen LogP contribution < -0.4 is 5.32 Å². The van der Waals surface area contributed by atoms with Gasteiger partial charge in [-0.3, -0.25) is 4.79 Å². The topological polar surface area (TPSA) is 47.6 Å². The molecule has 0 aromatic carbocycles. The summed E-state index contributed by atoms with van der Waals surface area (Å²) in [7, 11) is 2.04. The summed E-state index contributed by atoms with van der Waals surface area (Å²) in [5, 5.41) is 3.33. The molecule has 0 bridgehead atoms. The first-order valence-electron chi connectivity index (χ1n) is 7.70. The van der Waals surface area contributed by atoms with E-state index < -0.39 is 0 Å². The quantitative estimate of drug-likeness (QED) is 0.517. The van der Waals surface area contributed by atoms with Crippen LogP contribution in [0.25, 0.3) is 0 Å². The summed E-state index contributed by atoms with van der Waals surface area (Å²) in [5.41, 5.74) is 0. The van der Waals surface area contributed by atoms with Gasteiger partial charge in [-0.1, -0.05) is 6.42 Å². The Morgan fingerprint density at radius 2 is 1.89 bits per heavy atom. The van der Waals surface area contributed by atoms with Crippen LogP contribution in [0.3, 0.4) is 0 Å². The van der Waals surface area contributed by atoms with Crippen molar-refractivity contribution >= 4 is 5.97 Å². The number of hydrogen-bond acceptors (Lipinski definition) is 4. The lowest BCUT2D eigenvalue weighted by atomic mass is 9.93. The number of rotatable bonds is 9. The third kappa shape index (κ3) is 7.53. The van der Waals surface area contributed by atoms with Crippen LogP contribution >= 0.6 is 0 Å². The van der Waals surface area contributed by atoms with Gasteiger partial charge in [0.2, 0.25) is 0 Å². The van der Waals surface area contributed by atoms with Gasteiger partial charge in [0.1, 0.15) is 0 Å². The van der Waals surface area contributed by atoms with Gasteiger partial charge in [0.15, 0.2) is 0 Å². The molecule has 1 aliphatic rings. The fraction of sp³-hybridized carbons (Fsp3) is 0.933. The second-order valence-electron chi connectivity index (χ2n) is 5.25. The van der Waals surface area contributed by atoms with Crippen LogP contribution in [0, 0.1) is 0 Å². The van der Waals surface area contributed by atoms with E-state index in [0.29, 0.717) is 25.2 Å². The smallest absolute Gasteiger partial charge is 0.305 e. The molecular weight excluding hydrogens is 242 g/mol. The molecule has 0 saturated heterocycles. The highest BCUT2D eigenvalue weighted by atomic mass is 16.5. The first kappa shape index (κ1) is 16.4. The second-order valence-corrected chi connectivity index (χ2v) is 5.25. The van der Waals surface area contributed by atoms with Crippen LogP contribution in [0.15, 0.2) is 0 Å². The number of hydrogen-bond donors (Lipinski definition) is 1. The molecule has 0 radical (unpaired) electrons. The molecule has 1 N–H and O–H groups in total. The Balaban J connectivity index is 1.90. The standard InChI is InChI=1S/C15H29NO3/c1-3-18-15(17)7-5-4-6-12-19-14-10-8-13(16-2)9-11-14/h13-14,16H,3-12H2,1-2H3. The molecule has 0 heterocycles. The summed E-state index contributed by atoms with van der Waals surface area (Å²) in [6, 6.07) is 0.685. The first-order chi connectivity index (χ1) is 9.26. The van der Waals surface area contributed by atoms with Crippen LogP contribution in [0.4, 0.5) is 0 Å². The molecule has 1 fully saturated rings. The summed E-state index contributed by atoms with van der Waals surface area (Å²) in [6.07, 6.45) is 8.80.